The summed E-state index contributed by atoms with van der Waals surface area (Å²) in [6.07, 6.45) is 6.84. The lowest BCUT2D eigenvalue weighted by atomic mass is 9.90. The van der Waals surface area contributed by atoms with Crippen LogP contribution in [0.3, 0.4) is 0 Å². The van der Waals surface area contributed by atoms with Gasteiger partial charge in [-0.15, -0.1) is 0 Å². The average Bonchev–Trinajstić information content (AvgIpc) is 2.97. The first kappa shape index (κ1) is 12.2. The summed E-state index contributed by atoms with van der Waals surface area (Å²) in [6, 6.07) is 0.761. The van der Waals surface area contributed by atoms with Crippen molar-refractivity contribution >= 4 is 0 Å². The van der Waals surface area contributed by atoms with Gasteiger partial charge in [0.25, 0.3) is 0 Å². The van der Waals surface area contributed by atoms with Crippen molar-refractivity contribution in [2.45, 2.75) is 52.0 Å². The highest BCUT2D eigenvalue weighted by Crippen LogP contribution is 2.39. The van der Waals surface area contributed by atoms with Gasteiger partial charge in [-0.05, 0) is 63.5 Å². The SMILES string of the molecule is Cc1nn(C)c(C)c1CCC1NCC2CCCC21. The van der Waals surface area contributed by atoms with Crippen molar-refractivity contribution in [3.63, 3.8) is 0 Å². The summed E-state index contributed by atoms with van der Waals surface area (Å²) in [5, 5.41) is 8.27. The largest absolute Gasteiger partial charge is 0.313 e. The minimum absolute atomic E-state index is 0.761. The van der Waals surface area contributed by atoms with E-state index in [0.29, 0.717) is 0 Å². The minimum Gasteiger partial charge on any atom is -0.313 e. The second-order valence-corrected chi connectivity index (χ2v) is 6.18. The van der Waals surface area contributed by atoms with Crippen molar-refractivity contribution < 1.29 is 0 Å². The van der Waals surface area contributed by atoms with Crippen LogP contribution in [0.2, 0.25) is 0 Å². The summed E-state index contributed by atoms with van der Waals surface area (Å²) in [5.41, 5.74) is 4.03. The Hall–Kier alpha value is -0.830. The summed E-state index contributed by atoms with van der Waals surface area (Å²) >= 11 is 0. The second-order valence-electron chi connectivity index (χ2n) is 6.18. The van der Waals surface area contributed by atoms with Gasteiger partial charge in [0, 0.05) is 18.8 Å². The number of hydrogen-bond donors (Lipinski definition) is 1. The van der Waals surface area contributed by atoms with Crippen molar-refractivity contribution in [3.05, 3.63) is 17.0 Å². The molecule has 0 spiro atoms. The first-order valence-electron chi connectivity index (χ1n) is 7.39. The first-order valence-corrected chi connectivity index (χ1v) is 7.39. The quantitative estimate of drug-likeness (QED) is 0.888. The fourth-order valence-corrected chi connectivity index (χ4v) is 4.10. The number of aryl methyl sites for hydroxylation is 2. The zero-order valence-electron chi connectivity index (χ0n) is 11.9. The molecule has 2 fully saturated rings. The molecular weight excluding hydrogens is 222 g/mol. The third kappa shape index (κ3) is 1.99. The van der Waals surface area contributed by atoms with E-state index in [0.717, 1.165) is 17.9 Å². The summed E-state index contributed by atoms with van der Waals surface area (Å²) in [4.78, 5) is 0. The van der Waals surface area contributed by atoms with E-state index in [2.05, 4.69) is 24.3 Å². The molecule has 2 aliphatic rings. The molecule has 3 heteroatoms. The molecule has 3 atom stereocenters. The van der Waals surface area contributed by atoms with E-state index in [4.69, 9.17) is 0 Å². The number of aromatic nitrogens is 2. The third-order valence-corrected chi connectivity index (χ3v) is 5.24. The molecule has 0 radical (unpaired) electrons. The Balaban J connectivity index is 1.64. The maximum atomic E-state index is 4.52. The lowest BCUT2D eigenvalue weighted by Gasteiger charge is -2.18. The normalized spacial score (nSPS) is 30.9. The smallest absolute Gasteiger partial charge is 0.0628 e. The van der Waals surface area contributed by atoms with Gasteiger partial charge in [0.2, 0.25) is 0 Å². The van der Waals surface area contributed by atoms with Gasteiger partial charge in [-0.2, -0.15) is 5.10 Å². The highest BCUT2D eigenvalue weighted by atomic mass is 15.3. The molecule has 3 rings (SSSR count). The molecule has 1 saturated carbocycles. The topological polar surface area (TPSA) is 29.9 Å². The van der Waals surface area contributed by atoms with Gasteiger partial charge in [0.1, 0.15) is 0 Å². The Morgan fingerprint density at radius 1 is 1.33 bits per heavy atom. The van der Waals surface area contributed by atoms with Crippen LogP contribution in [-0.2, 0) is 13.5 Å². The van der Waals surface area contributed by atoms with E-state index in [9.17, 15) is 0 Å². The van der Waals surface area contributed by atoms with Gasteiger partial charge in [-0.1, -0.05) is 6.42 Å². The molecule has 1 N–H and O–H groups in total. The molecule has 1 aromatic rings. The number of rotatable bonds is 3. The van der Waals surface area contributed by atoms with Gasteiger partial charge in [0.15, 0.2) is 0 Å². The summed E-state index contributed by atoms with van der Waals surface area (Å²) in [6.45, 7) is 5.60. The standard InChI is InChI=1S/C15H25N3/c1-10-13(11(2)18(3)17-10)7-8-15-14-6-4-5-12(14)9-16-15/h12,14-16H,4-9H2,1-3H3. The Kier molecular flexibility index (Phi) is 3.18. The predicted molar refractivity (Wildman–Crippen MR) is 73.6 cm³/mol. The maximum absolute atomic E-state index is 4.52. The lowest BCUT2D eigenvalue weighted by Crippen LogP contribution is -2.27. The van der Waals surface area contributed by atoms with Gasteiger partial charge in [-0.25, -0.2) is 0 Å². The highest BCUT2D eigenvalue weighted by Gasteiger charge is 2.38. The molecule has 2 heterocycles. The fraction of sp³-hybridized carbons (Fsp3) is 0.800. The lowest BCUT2D eigenvalue weighted by molar-refractivity contribution is 0.393. The van der Waals surface area contributed by atoms with Crippen molar-refractivity contribution in [3.8, 4) is 0 Å². The van der Waals surface area contributed by atoms with Crippen LogP contribution in [0.4, 0.5) is 0 Å². The van der Waals surface area contributed by atoms with Gasteiger partial charge < -0.3 is 5.32 Å². The predicted octanol–water partition coefficient (Wildman–Crippen LogP) is 2.36. The highest BCUT2D eigenvalue weighted by molar-refractivity contribution is 5.24. The van der Waals surface area contributed by atoms with Crippen LogP contribution < -0.4 is 5.32 Å². The van der Waals surface area contributed by atoms with E-state index in [-0.39, 0.29) is 0 Å². The summed E-state index contributed by atoms with van der Waals surface area (Å²) < 4.78 is 2.02. The fourth-order valence-electron chi connectivity index (χ4n) is 4.10. The van der Waals surface area contributed by atoms with Crippen molar-refractivity contribution in [1.82, 2.24) is 15.1 Å². The molecule has 18 heavy (non-hydrogen) atoms. The van der Waals surface area contributed by atoms with Crippen LogP contribution in [0, 0.1) is 25.7 Å². The third-order valence-electron chi connectivity index (χ3n) is 5.24. The summed E-state index contributed by atoms with van der Waals surface area (Å²) in [5.74, 6) is 1.94. The minimum atomic E-state index is 0.761. The van der Waals surface area contributed by atoms with E-state index < -0.39 is 0 Å². The number of hydrogen-bond acceptors (Lipinski definition) is 2. The van der Waals surface area contributed by atoms with Crippen molar-refractivity contribution in [2.24, 2.45) is 18.9 Å². The Bertz CT molecular complexity index is 435. The molecular formula is C15H25N3. The number of nitrogens with zero attached hydrogens (tertiary/aromatic N) is 2. The molecule has 0 bridgehead atoms. The van der Waals surface area contributed by atoms with Gasteiger partial charge in [0.05, 0.1) is 5.69 Å². The monoisotopic (exact) mass is 247 g/mol. The molecule has 0 amide bonds. The average molecular weight is 247 g/mol. The number of fused-ring (bicyclic) bond motifs is 1. The Morgan fingerprint density at radius 2 is 2.17 bits per heavy atom. The van der Waals surface area contributed by atoms with E-state index >= 15 is 0 Å². The van der Waals surface area contributed by atoms with Gasteiger partial charge in [-0.3, -0.25) is 4.68 Å². The van der Waals surface area contributed by atoms with Crippen molar-refractivity contribution in [2.75, 3.05) is 6.54 Å². The van der Waals surface area contributed by atoms with Crippen LogP contribution >= 0.6 is 0 Å². The van der Waals surface area contributed by atoms with E-state index in [1.165, 1.54) is 55.6 Å². The van der Waals surface area contributed by atoms with Crippen LogP contribution in [0.25, 0.3) is 0 Å². The van der Waals surface area contributed by atoms with E-state index in [1.807, 2.05) is 11.7 Å². The zero-order valence-corrected chi connectivity index (χ0v) is 11.9. The molecule has 3 unspecified atom stereocenters. The molecule has 0 aromatic carbocycles. The molecule has 1 aliphatic carbocycles. The Labute approximate surface area is 110 Å². The maximum Gasteiger partial charge on any atom is 0.0628 e. The molecule has 1 aliphatic heterocycles. The van der Waals surface area contributed by atoms with Crippen LogP contribution in [0.15, 0.2) is 0 Å². The summed E-state index contributed by atoms with van der Waals surface area (Å²) in [7, 11) is 2.05. The van der Waals surface area contributed by atoms with Crippen LogP contribution in [0.5, 0.6) is 0 Å². The second kappa shape index (κ2) is 4.69. The van der Waals surface area contributed by atoms with Gasteiger partial charge >= 0.3 is 0 Å². The number of nitrogens with one attached hydrogen (secondary N) is 1. The van der Waals surface area contributed by atoms with Crippen LogP contribution in [0.1, 0.15) is 42.6 Å². The van der Waals surface area contributed by atoms with E-state index in [1.54, 1.807) is 0 Å². The Morgan fingerprint density at radius 3 is 2.89 bits per heavy atom. The first-order chi connectivity index (χ1) is 8.66. The molecule has 1 saturated heterocycles. The zero-order chi connectivity index (χ0) is 12.7. The molecule has 3 nitrogen and oxygen atoms in total. The van der Waals surface area contributed by atoms with Crippen molar-refractivity contribution in [1.29, 1.82) is 0 Å². The molecule has 1 aromatic heterocycles. The molecule has 100 valence electrons. The van der Waals surface area contributed by atoms with Crippen LogP contribution in [-0.4, -0.2) is 22.4 Å².